The van der Waals surface area contributed by atoms with Crippen LogP contribution in [0.1, 0.15) is 36.5 Å². The number of carbonyl (C=O) groups excluding carboxylic acids is 2. The summed E-state index contributed by atoms with van der Waals surface area (Å²) in [6.07, 6.45) is 1.83. The zero-order valence-electron chi connectivity index (χ0n) is 13.0. The molecule has 0 bridgehead atoms. The summed E-state index contributed by atoms with van der Waals surface area (Å²) in [6, 6.07) is 6.71. The molecule has 0 saturated carbocycles. The van der Waals surface area contributed by atoms with Gasteiger partial charge in [0.1, 0.15) is 11.3 Å². The van der Waals surface area contributed by atoms with Crippen LogP contribution in [-0.2, 0) is 11.8 Å². The maximum atomic E-state index is 12.3. The second-order valence-corrected chi connectivity index (χ2v) is 5.21. The first-order chi connectivity index (χ1) is 11.0. The lowest BCUT2D eigenvalue weighted by molar-refractivity contribution is -0.121. The molecule has 23 heavy (non-hydrogen) atoms. The van der Waals surface area contributed by atoms with Crippen molar-refractivity contribution in [3.63, 3.8) is 0 Å². The third-order valence-electron chi connectivity index (χ3n) is 3.58. The Balaban J connectivity index is 2.31. The number of carbonyl (C=O) groups is 2. The highest BCUT2D eigenvalue weighted by Gasteiger charge is 2.21. The van der Waals surface area contributed by atoms with Crippen LogP contribution in [0.15, 0.2) is 29.1 Å². The van der Waals surface area contributed by atoms with Crippen molar-refractivity contribution in [3.05, 3.63) is 40.2 Å². The molecule has 2 aromatic rings. The van der Waals surface area contributed by atoms with Crippen molar-refractivity contribution in [2.45, 2.75) is 26.2 Å². The van der Waals surface area contributed by atoms with Crippen LogP contribution in [0, 0.1) is 0 Å². The monoisotopic (exact) mass is 317 g/mol. The quantitative estimate of drug-likeness (QED) is 0.738. The number of amides is 2. The fourth-order valence-electron chi connectivity index (χ4n) is 2.27. The molecule has 0 spiro atoms. The van der Waals surface area contributed by atoms with Crippen LogP contribution < -0.4 is 16.4 Å². The van der Waals surface area contributed by atoms with Crippen LogP contribution in [0.3, 0.4) is 0 Å². The third-order valence-corrected chi connectivity index (χ3v) is 3.58. The Kier molecular flexibility index (Phi) is 5.00. The van der Waals surface area contributed by atoms with Crippen LogP contribution in [0.2, 0.25) is 0 Å². The number of aryl methyl sites for hydroxylation is 1. The van der Waals surface area contributed by atoms with Gasteiger partial charge in [0, 0.05) is 18.9 Å². The van der Waals surface area contributed by atoms with Crippen LogP contribution in [0.5, 0.6) is 5.75 Å². The first-order valence-electron chi connectivity index (χ1n) is 7.37. The lowest BCUT2D eigenvalue weighted by atomic mass is 10.1. The van der Waals surface area contributed by atoms with Crippen LogP contribution >= 0.6 is 0 Å². The molecule has 7 nitrogen and oxygen atoms in total. The molecule has 7 heteroatoms. The molecule has 3 N–H and O–H groups in total. The molecule has 0 aliphatic heterocycles. The Bertz CT molecular complexity index is 811. The molecule has 0 unspecified atom stereocenters. The van der Waals surface area contributed by atoms with Crippen LogP contribution in [-0.4, -0.2) is 21.5 Å². The number of para-hydroxylation sites is 1. The Hall–Kier alpha value is -2.83. The average Bonchev–Trinajstić information content (AvgIpc) is 2.56. The first-order valence-corrected chi connectivity index (χ1v) is 7.37. The third kappa shape index (κ3) is 3.33. The van der Waals surface area contributed by atoms with Crippen molar-refractivity contribution in [1.82, 2.24) is 15.4 Å². The number of hydrogen-bond acceptors (Lipinski definition) is 4. The van der Waals surface area contributed by atoms with E-state index in [-0.39, 0.29) is 12.3 Å². The maximum absolute atomic E-state index is 12.3. The molecule has 1 aromatic heterocycles. The lowest BCUT2D eigenvalue weighted by Crippen LogP contribution is -2.43. The van der Waals surface area contributed by atoms with Gasteiger partial charge in [0.25, 0.3) is 11.5 Å². The second kappa shape index (κ2) is 6.95. The number of hydrazine groups is 1. The number of benzene rings is 1. The highest BCUT2D eigenvalue weighted by molar-refractivity contribution is 6.02. The second-order valence-electron chi connectivity index (χ2n) is 5.21. The number of pyridine rings is 1. The van der Waals surface area contributed by atoms with Gasteiger partial charge < -0.3 is 9.67 Å². The summed E-state index contributed by atoms with van der Waals surface area (Å²) >= 11 is 0. The van der Waals surface area contributed by atoms with E-state index < -0.39 is 22.8 Å². The van der Waals surface area contributed by atoms with Crippen molar-refractivity contribution < 1.29 is 14.7 Å². The fourth-order valence-corrected chi connectivity index (χ4v) is 2.27. The van der Waals surface area contributed by atoms with Crippen molar-refractivity contribution >= 4 is 22.7 Å². The number of hydrogen-bond donors (Lipinski definition) is 3. The van der Waals surface area contributed by atoms with Crippen molar-refractivity contribution in [3.8, 4) is 5.75 Å². The summed E-state index contributed by atoms with van der Waals surface area (Å²) in [6.45, 7) is 1.95. The summed E-state index contributed by atoms with van der Waals surface area (Å²) in [5.41, 5.74) is 3.88. The van der Waals surface area contributed by atoms with Crippen molar-refractivity contribution in [1.29, 1.82) is 0 Å². The molecule has 0 fully saturated rings. The van der Waals surface area contributed by atoms with Gasteiger partial charge in [-0.3, -0.25) is 25.2 Å². The van der Waals surface area contributed by atoms with E-state index in [1.807, 2.05) is 6.92 Å². The molecule has 0 aliphatic carbocycles. The van der Waals surface area contributed by atoms with Crippen molar-refractivity contribution in [2.24, 2.45) is 7.05 Å². The van der Waals surface area contributed by atoms with E-state index in [4.69, 9.17) is 0 Å². The smallest absolute Gasteiger partial charge is 0.279 e. The normalized spacial score (nSPS) is 10.5. The zero-order chi connectivity index (χ0) is 17.0. The molecule has 2 rings (SSSR count). The molecular formula is C16H19N3O4. The van der Waals surface area contributed by atoms with Gasteiger partial charge in [-0.15, -0.1) is 0 Å². The molecule has 2 amide bonds. The molecule has 0 saturated heterocycles. The molecule has 1 heterocycles. The van der Waals surface area contributed by atoms with Gasteiger partial charge in [0.05, 0.1) is 5.52 Å². The van der Waals surface area contributed by atoms with Gasteiger partial charge >= 0.3 is 0 Å². The highest BCUT2D eigenvalue weighted by Crippen LogP contribution is 2.25. The minimum atomic E-state index is -0.848. The number of unbranched alkanes of at least 4 members (excludes halogenated alkanes) is 1. The van der Waals surface area contributed by atoms with E-state index in [2.05, 4.69) is 10.9 Å². The molecule has 122 valence electrons. The Morgan fingerprint density at radius 2 is 1.91 bits per heavy atom. The Morgan fingerprint density at radius 3 is 2.61 bits per heavy atom. The van der Waals surface area contributed by atoms with Gasteiger partial charge in [0.15, 0.2) is 0 Å². The van der Waals surface area contributed by atoms with Crippen molar-refractivity contribution in [2.75, 3.05) is 0 Å². The topological polar surface area (TPSA) is 100 Å². The number of nitrogens with zero attached hydrogens (tertiary/aromatic N) is 1. The number of rotatable bonds is 4. The number of fused-ring (bicyclic) bond motifs is 1. The van der Waals surface area contributed by atoms with Crippen LogP contribution in [0.4, 0.5) is 0 Å². The number of aromatic nitrogens is 1. The molecule has 0 aliphatic rings. The standard InChI is InChI=1S/C16H19N3O4/c1-3-4-9-12(20)17-18-15(22)13-14(21)10-7-5-6-8-11(10)19(2)16(13)23/h5-8,21H,3-4,9H2,1-2H3,(H,17,20)(H,18,22). The Labute approximate surface area is 132 Å². The molecular weight excluding hydrogens is 298 g/mol. The predicted octanol–water partition coefficient (Wildman–Crippen LogP) is 1.20. The van der Waals surface area contributed by atoms with E-state index in [1.165, 1.54) is 11.6 Å². The van der Waals surface area contributed by atoms with Gasteiger partial charge in [-0.1, -0.05) is 25.5 Å². The van der Waals surface area contributed by atoms with E-state index in [0.29, 0.717) is 17.3 Å². The van der Waals surface area contributed by atoms with Gasteiger partial charge in [0.2, 0.25) is 5.91 Å². The molecule has 0 radical (unpaired) electrons. The Morgan fingerprint density at radius 1 is 1.22 bits per heavy atom. The van der Waals surface area contributed by atoms with E-state index in [9.17, 15) is 19.5 Å². The molecule has 1 aromatic carbocycles. The predicted molar refractivity (Wildman–Crippen MR) is 86.0 cm³/mol. The minimum absolute atomic E-state index is 0.276. The average molecular weight is 317 g/mol. The fraction of sp³-hybridized carbons (Fsp3) is 0.312. The van der Waals surface area contributed by atoms with Gasteiger partial charge in [-0.2, -0.15) is 0 Å². The zero-order valence-corrected chi connectivity index (χ0v) is 13.0. The summed E-state index contributed by atoms with van der Waals surface area (Å²) < 4.78 is 1.28. The largest absolute Gasteiger partial charge is 0.506 e. The van der Waals surface area contributed by atoms with Crippen LogP contribution in [0.25, 0.3) is 10.9 Å². The maximum Gasteiger partial charge on any atom is 0.279 e. The van der Waals surface area contributed by atoms with E-state index >= 15 is 0 Å². The minimum Gasteiger partial charge on any atom is -0.506 e. The summed E-state index contributed by atoms with van der Waals surface area (Å²) in [7, 11) is 1.51. The van der Waals surface area contributed by atoms with Gasteiger partial charge in [-0.05, 0) is 18.6 Å². The summed E-state index contributed by atoms with van der Waals surface area (Å²) in [4.78, 5) is 36.0. The summed E-state index contributed by atoms with van der Waals surface area (Å²) in [5, 5.41) is 10.6. The number of aromatic hydroxyl groups is 1. The van der Waals surface area contributed by atoms with E-state index in [0.717, 1.165) is 6.42 Å². The first kappa shape index (κ1) is 16.5. The van der Waals surface area contributed by atoms with Gasteiger partial charge in [-0.25, -0.2) is 0 Å². The number of nitrogens with one attached hydrogen (secondary N) is 2. The summed E-state index contributed by atoms with van der Waals surface area (Å²) in [5.74, 6) is -1.60. The molecule has 0 atom stereocenters. The lowest BCUT2D eigenvalue weighted by Gasteiger charge is -2.12. The van der Waals surface area contributed by atoms with E-state index in [1.54, 1.807) is 24.3 Å². The SMILES string of the molecule is CCCCC(=O)NNC(=O)c1c(O)c2ccccc2n(C)c1=O. The highest BCUT2D eigenvalue weighted by atomic mass is 16.3.